The fraction of sp³-hybridized carbons (Fsp3) is 0.130. The summed E-state index contributed by atoms with van der Waals surface area (Å²) in [6.45, 7) is 0.102. The molecule has 0 saturated carbocycles. The highest BCUT2D eigenvalue weighted by Crippen LogP contribution is 2.41. The molecule has 1 aliphatic rings. The van der Waals surface area contributed by atoms with Crippen molar-refractivity contribution in [2.75, 3.05) is 7.11 Å². The van der Waals surface area contributed by atoms with Gasteiger partial charge in [-0.05, 0) is 29.8 Å². The lowest BCUT2D eigenvalue weighted by Gasteiger charge is -2.24. The summed E-state index contributed by atoms with van der Waals surface area (Å²) in [5.41, 5.74) is 1.17. The van der Waals surface area contributed by atoms with Gasteiger partial charge >= 0.3 is 0 Å². The van der Waals surface area contributed by atoms with Gasteiger partial charge in [0.2, 0.25) is 0 Å². The molecule has 0 radical (unpaired) electrons. The number of rotatable bonds is 5. The van der Waals surface area contributed by atoms with Crippen LogP contribution in [0.15, 0.2) is 83.0 Å². The van der Waals surface area contributed by atoms with Crippen molar-refractivity contribution in [3.8, 4) is 5.75 Å². The van der Waals surface area contributed by atoms with Gasteiger partial charge in [-0.25, -0.2) is 0 Å². The van der Waals surface area contributed by atoms with Gasteiger partial charge in [0.1, 0.15) is 17.3 Å². The Morgan fingerprint density at radius 1 is 1.07 bits per heavy atom. The quantitative estimate of drug-likeness (QED) is 0.407. The Bertz CT molecular complexity index is 1070. The summed E-state index contributed by atoms with van der Waals surface area (Å²) in [7, 11) is 1.54. The largest absolute Gasteiger partial charge is 0.507 e. The van der Waals surface area contributed by atoms with Crippen LogP contribution >= 0.6 is 0 Å². The minimum absolute atomic E-state index is 0.0426. The minimum Gasteiger partial charge on any atom is -0.507 e. The van der Waals surface area contributed by atoms with Gasteiger partial charge in [0.25, 0.3) is 11.7 Å². The number of hydrogen-bond acceptors (Lipinski definition) is 5. The lowest BCUT2D eigenvalue weighted by atomic mass is 9.95. The van der Waals surface area contributed by atoms with E-state index in [1.165, 1.54) is 11.2 Å². The molecule has 1 aromatic heterocycles. The van der Waals surface area contributed by atoms with Crippen LogP contribution in [0.5, 0.6) is 5.75 Å². The summed E-state index contributed by atoms with van der Waals surface area (Å²) in [6, 6.07) is 18.5. The summed E-state index contributed by atoms with van der Waals surface area (Å²) in [5, 5.41) is 10.9. The number of ether oxygens (including phenoxy) is 1. The molecule has 1 atom stereocenters. The van der Waals surface area contributed by atoms with Crippen molar-refractivity contribution >= 4 is 17.4 Å². The van der Waals surface area contributed by atoms with E-state index >= 15 is 0 Å². The number of furan rings is 1. The number of nitrogens with zero attached hydrogens (tertiary/aromatic N) is 1. The molecule has 2 heterocycles. The van der Waals surface area contributed by atoms with Crippen LogP contribution in [-0.2, 0) is 16.1 Å². The zero-order valence-electron chi connectivity index (χ0n) is 15.7. The van der Waals surface area contributed by atoms with E-state index in [0.717, 1.165) is 0 Å². The van der Waals surface area contributed by atoms with Gasteiger partial charge in [-0.2, -0.15) is 0 Å². The van der Waals surface area contributed by atoms with Crippen LogP contribution in [0.1, 0.15) is 22.9 Å². The molecule has 146 valence electrons. The van der Waals surface area contributed by atoms with Crippen molar-refractivity contribution in [1.82, 2.24) is 4.90 Å². The average molecular weight is 389 g/mol. The van der Waals surface area contributed by atoms with Crippen molar-refractivity contribution < 1.29 is 23.8 Å². The van der Waals surface area contributed by atoms with E-state index < -0.39 is 17.7 Å². The SMILES string of the molecule is COc1cccc([C@@H]2C(=C(O)c3ccccc3)C(=O)C(=O)N2Cc2ccco2)c1. The van der Waals surface area contributed by atoms with Crippen LogP contribution in [0.2, 0.25) is 0 Å². The number of carbonyl (C=O) groups is 2. The van der Waals surface area contributed by atoms with Gasteiger partial charge in [0.05, 0.1) is 31.5 Å². The van der Waals surface area contributed by atoms with Gasteiger partial charge in [-0.3, -0.25) is 9.59 Å². The molecule has 0 unspecified atom stereocenters. The van der Waals surface area contributed by atoms with Crippen LogP contribution in [0.4, 0.5) is 0 Å². The Morgan fingerprint density at radius 3 is 2.55 bits per heavy atom. The second kappa shape index (κ2) is 7.67. The number of carbonyl (C=O) groups excluding carboxylic acids is 2. The summed E-state index contributed by atoms with van der Waals surface area (Å²) in [6.07, 6.45) is 1.51. The van der Waals surface area contributed by atoms with Crippen molar-refractivity contribution in [2.45, 2.75) is 12.6 Å². The summed E-state index contributed by atoms with van der Waals surface area (Å²) in [4.78, 5) is 27.2. The molecular weight excluding hydrogens is 370 g/mol. The Kier molecular flexibility index (Phi) is 4.91. The maximum atomic E-state index is 12.9. The van der Waals surface area contributed by atoms with E-state index in [4.69, 9.17) is 9.15 Å². The topological polar surface area (TPSA) is 80.0 Å². The van der Waals surface area contributed by atoms with E-state index in [1.54, 1.807) is 67.8 Å². The third kappa shape index (κ3) is 3.40. The lowest BCUT2D eigenvalue weighted by molar-refractivity contribution is -0.140. The van der Waals surface area contributed by atoms with Gasteiger partial charge in [0, 0.05) is 5.56 Å². The average Bonchev–Trinajstić information content (AvgIpc) is 3.36. The fourth-order valence-electron chi connectivity index (χ4n) is 3.52. The third-order valence-electron chi connectivity index (χ3n) is 4.90. The van der Waals surface area contributed by atoms with Crippen molar-refractivity contribution in [3.63, 3.8) is 0 Å². The smallest absolute Gasteiger partial charge is 0.296 e. The van der Waals surface area contributed by atoms with Crippen LogP contribution in [-0.4, -0.2) is 28.8 Å². The molecule has 1 N–H and O–H groups in total. The van der Waals surface area contributed by atoms with Crippen molar-refractivity contribution in [1.29, 1.82) is 0 Å². The molecule has 6 nitrogen and oxygen atoms in total. The number of aliphatic hydroxyl groups excluding tert-OH is 1. The first-order valence-corrected chi connectivity index (χ1v) is 9.10. The molecule has 1 saturated heterocycles. The monoisotopic (exact) mass is 389 g/mol. The van der Waals surface area contributed by atoms with E-state index in [1.807, 2.05) is 6.07 Å². The molecule has 2 aromatic carbocycles. The molecular formula is C23H19NO5. The molecule has 0 aliphatic carbocycles. The highest BCUT2D eigenvalue weighted by molar-refractivity contribution is 6.46. The number of ketones is 1. The van der Waals surface area contributed by atoms with Gasteiger partial charge in [-0.15, -0.1) is 0 Å². The standard InChI is InChI=1S/C23H19NO5/c1-28-17-10-5-9-16(13-17)20-19(21(25)15-7-3-2-4-8-15)22(26)23(27)24(20)14-18-11-6-12-29-18/h2-13,20,25H,14H2,1H3/t20-/m1/s1. The summed E-state index contributed by atoms with van der Waals surface area (Å²) < 4.78 is 10.7. The molecule has 1 aliphatic heterocycles. The first-order chi connectivity index (χ1) is 14.1. The number of hydrogen-bond donors (Lipinski definition) is 1. The molecule has 6 heteroatoms. The summed E-state index contributed by atoms with van der Waals surface area (Å²) in [5.74, 6) is -0.499. The number of methoxy groups -OCH3 is 1. The Labute approximate surface area is 167 Å². The van der Waals surface area contributed by atoms with E-state index in [0.29, 0.717) is 22.6 Å². The van der Waals surface area contributed by atoms with E-state index in [-0.39, 0.29) is 17.9 Å². The predicted molar refractivity (Wildman–Crippen MR) is 106 cm³/mol. The minimum atomic E-state index is -0.768. The van der Waals surface area contributed by atoms with Crippen LogP contribution < -0.4 is 4.74 Å². The van der Waals surface area contributed by atoms with Crippen molar-refractivity contribution in [3.05, 3.63) is 95.5 Å². The molecule has 0 spiro atoms. The Hall–Kier alpha value is -3.80. The Balaban J connectivity index is 1.88. The highest BCUT2D eigenvalue weighted by Gasteiger charge is 2.46. The predicted octanol–water partition coefficient (Wildman–Crippen LogP) is 3.91. The van der Waals surface area contributed by atoms with Crippen molar-refractivity contribution in [2.24, 2.45) is 0 Å². The number of aliphatic hydroxyl groups is 1. The summed E-state index contributed by atoms with van der Waals surface area (Å²) >= 11 is 0. The maximum Gasteiger partial charge on any atom is 0.296 e. The molecule has 3 aromatic rings. The maximum absolute atomic E-state index is 12.9. The molecule has 1 fully saturated rings. The van der Waals surface area contributed by atoms with Gasteiger partial charge in [-0.1, -0.05) is 42.5 Å². The number of amides is 1. The fourth-order valence-corrected chi connectivity index (χ4v) is 3.52. The molecule has 1 amide bonds. The van der Waals surface area contributed by atoms with E-state index in [9.17, 15) is 14.7 Å². The third-order valence-corrected chi connectivity index (χ3v) is 4.90. The van der Waals surface area contributed by atoms with Crippen LogP contribution in [0.3, 0.4) is 0 Å². The zero-order chi connectivity index (χ0) is 20.4. The molecule has 0 bridgehead atoms. The molecule has 4 rings (SSSR count). The molecule has 29 heavy (non-hydrogen) atoms. The van der Waals surface area contributed by atoms with E-state index in [2.05, 4.69) is 0 Å². The number of Topliss-reactive ketones (excluding diaryl/α,β-unsaturated/α-hetero) is 1. The van der Waals surface area contributed by atoms with Crippen LogP contribution in [0.25, 0.3) is 5.76 Å². The zero-order valence-corrected chi connectivity index (χ0v) is 15.7. The van der Waals surface area contributed by atoms with Gasteiger partial charge in [0.15, 0.2) is 0 Å². The Morgan fingerprint density at radius 2 is 1.86 bits per heavy atom. The van der Waals surface area contributed by atoms with Gasteiger partial charge < -0.3 is 19.2 Å². The second-order valence-corrected chi connectivity index (χ2v) is 6.65. The number of likely N-dealkylation sites (tertiary alicyclic amines) is 1. The second-order valence-electron chi connectivity index (χ2n) is 6.65. The van der Waals surface area contributed by atoms with Crippen LogP contribution in [0, 0.1) is 0 Å². The first kappa shape index (κ1) is 18.6. The lowest BCUT2D eigenvalue weighted by Crippen LogP contribution is -2.29. The first-order valence-electron chi connectivity index (χ1n) is 9.10. The highest BCUT2D eigenvalue weighted by atomic mass is 16.5. The normalized spacial score (nSPS) is 18.2. The number of benzene rings is 2.